The Bertz CT molecular complexity index is 1370. The number of ether oxygens (including phenoxy) is 1. The van der Waals surface area contributed by atoms with E-state index in [1.54, 1.807) is 29.0 Å². The number of carbonyl (C=O) groups is 1. The van der Waals surface area contributed by atoms with Crippen molar-refractivity contribution in [2.24, 2.45) is 5.73 Å². The summed E-state index contributed by atoms with van der Waals surface area (Å²) in [5.41, 5.74) is 7.90. The number of aromatic nitrogens is 2. The molecule has 2 aliphatic heterocycles. The van der Waals surface area contributed by atoms with E-state index < -0.39 is 0 Å². The first-order valence-corrected chi connectivity index (χ1v) is 16.1. The summed E-state index contributed by atoms with van der Waals surface area (Å²) in [6.07, 6.45) is 7.49. The summed E-state index contributed by atoms with van der Waals surface area (Å²) in [7, 11) is 2.15. The van der Waals surface area contributed by atoms with Crippen LogP contribution in [0.25, 0.3) is 0 Å². The van der Waals surface area contributed by atoms with Gasteiger partial charge in [-0.2, -0.15) is 4.98 Å². The minimum Gasteiger partial charge on any atom is -0.450 e. The molecule has 3 heterocycles. The standard InChI is InChI=1S/C32H49N9O3/c1-22(2)29(33)35-13-4-12-34-24-7-9-25(10-8-24)41-21-28-30(38-32(41)43)37-26-20-23(6-11-27(26)44-28)31(42)36-14-5-15-40-18-16-39(3)17-19-40/h6,11,20-21,24-25,34-35H,4-5,7-10,12-19,33H2,1-3H3,(H,36,42)(H,37,38,43). The maximum atomic E-state index is 13.0. The van der Waals surface area contributed by atoms with Gasteiger partial charge in [0.2, 0.25) is 0 Å². The van der Waals surface area contributed by atoms with Gasteiger partial charge in [0.1, 0.15) is 0 Å². The molecule has 3 aliphatic rings. The number of nitrogens with two attached hydrogens (primary N) is 1. The minimum absolute atomic E-state index is 0.0878. The maximum Gasteiger partial charge on any atom is 0.350 e. The molecule has 12 heteroatoms. The number of nitrogens with zero attached hydrogens (tertiary/aromatic N) is 4. The van der Waals surface area contributed by atoms with Crippen LogP contribution in [0.15, 0.2) is 40.6 Å². The topological polar surface area (TPSA) is 142 Å². The Morgan fingerprint density at radius 2 is 1.77 bits per heavy atom. The Morgan fingerprint density at radius 1 is 1.02 bits per heavy atom. The van der Waals surface area contributed by atoms with Crippen molar-refractivity contribution in [1.82, 2.24) is 35.3 Å². The van der Waals surface area contributed by atoms with Crippen molar-refractivity contribution in [2.45, 2.75) is 64.5 Å². The van der Waals surface area contributed by atoms with Crippen molar-refractivity contribution in [2.75, 3.05) is 64.7 Å². The van der Waals surface area contributed by atoms with E-state index in [-0.39, 0.29) is 17.6 Å². The number of benzene rings is 1. The van der Waals surface area contributed by atoms with Gasteiger partial charge in [-0.15, -0.1) is 0 Å². The monoisotopic (exact) mass is 607 g/mol. The van der Waals surface area contributed by atoms with E-state index in [0.29, 0.717) is 41.2 Å². The number of likely N-dealkylation sites (N-methyl/N-ethyl adjacent to an activating group) is 1. The molecule has 0 spiro atoms. The number of carbonyl (C=O) groups excluding carboxylic acids is 1. The van der Waals surface area contributed by atoms with Crippen molar-refractivity contribution in [3.8, 4) is 11.5 Å². The fourth-order valence-electron chi connectivity index (χ4n) is 6.01. The Kier molecular flexibility index (Phi) is 10.8. The second-order valence-electron chi connectivity index (χ2n) is 12.5. The molecular weight excluding hydrogens is 558 g/mol. The third kappa shape index (κ3) is 8.30. The van der Waals surface area contributed by atoms with Crippen LogP contribution in [0.2, 0.25) is 0 Å². The molecule has 44 heavy (non-hydrogen) atoms. The fraction of sp³-hybridized carbons (Fsp3) is 0.594. The third-order valence-electron chi connectivity index (χ3n) is 8.90. The lowest BCUT2D eigenvalue weighted by molar-refractivity contribution is 0.0949. The van der Waals surface area contributed by atoms with E-state index in [1.807, 2.05) is 13.8 Å². The van der Waals surface area contributed by atoms with Gasteiger partial charge in [-0.3, -0.25) is 9.36 Å². The largest absolute Gasteiger partial charge is 0.450 e. The predicted molar refractivity (Wildman–Crippen MR) is 174 cm³/mol. The summed E-state index contributed by atoms with van der Waals surface area (Å²) in [4.78, 5) is 34.9. The molecule has 1 aromatic heterocycles. The summed E-state index contributed by atoms with van der Waals surface area (Å²) in [5.74, 6) is 2.12. The number of nitrogens with one attached hydrogen (secondary N) is 4. The van der Waals surface area contributed by atoms with Crippen molar-refractivity contribution in [1.29, 1.82) is 0 Å². The van der Waals surface area contributed by atoms with E-state index in [2.05, 4.69) is 43.1 Å². The molecule has 1 aliphatic carbocycles. The second-order valence-corrected chi connectivity index (χ2v) is 12.5. The average Bonchev–Trinajstić information content (AvgIpc) is 3.02. The van der Waals surface area contributed by atoms with Crippen LogP contribution in [0.1, 0.15) is 68.8 Å². The lowest BCUT2D eigenvalue weighted by Gasteiger charge is -2.32. The number of amides is 1. The Morgan fingerprint density at radius 3 is 2.52 bits per heavy atom. The summed E-state index contributed by atoms with van der Waals surface area (Å²) in [6, 6.07) is 5.85. The molecule has 1 aromatic carbocycles. The molecule has 240 valence electrons. The highest BCUT2D eigenvalue weighted by Gasteiger charge is 2.26. The van der Waals surface area contributed by atoms with E-state index in [9.17, 15) is 9.59 Å². The molecule has 12 nitrogen and oxygen atoms in total. The van der Waals surface area contributed by atoms with Gasteiger partial charge in [-0.25, -0.2) is 4.79 Å². The van der Waals surface area contributed by atoms with E-state index in [0.717, 1.165) is 95.7 Å². The lowest BCUT2D eigenvalue weighted by atomic mass is 9.91. The van der Waals surface area contributed by atoms with Gasteiger partial charge in [0, 0.05) is 56.9 Å². The molecule has 0 atom stereocenters. The molecule has 5 rings (SSSR count). The van der Waals surface area contributed by atoms with Crippen LogP contribution in [0.5, 0.6) is 11.5 Å². The minimum atomic E-state index is -0.295. The number of rotatable bonds is 12. The average molecular weight is 608 g/mol. The summed E-state index contributed by atoms with van der Waals surface area (Å²) >= 11 is 0. The Labute approximate surface area is 260 Å². The molecular formula is C32H49N9O3. The third-order valence-corrected chi connectivity index (χ3v) is 8.90. The van der Waals surface area contributed by atoms with Gasteiger partial charge in [-0.1, -0.05) is 0 Å². The molecule has 2 aromatic rings. The van der Waals surface area contributed by atoms with Gasteiger partial charge in [0.15, 0.2) is 17.3 Å². The van der Waals surface area contributed by atoms with E-state index in [1.165, 1.54) is 0 Å². The summed E-state index contributed by atoms with van der Waals surface area (Å²) in [6.45, 7) is 11.7. The summed E-state index contributed by atoms with van der Waals surface area (Å²) in [5, 5.41) is 13.1. The molecule has 1 saturated carbocycles. The van der Waals surface area contributed by atoms with Gasteiger partial charge >= 0.3 is 5.69 Å². The predicted octanol–water partition coefficient (Wildman–Crippen LogP) is 2.72. The first-order chi connectivity index (χ1) is 21.3. The maximum absolute atomic E-state index is 13.0. The molecule has 0 bridgehead atoms. The van der Waals surface area contributed by atoms with Crippen molar-refractivity contribution in [3.63, 3.8) is 0 Å². The van der Waals surface area contributed by atoms with Crippen molar-refractivity contribution < 1.29 is 9.53 Å². The lowest BCUT2D eigenvalue weighted by Crippen LogP contribution is -2.45. The molecule has 0 unspecified atom stereocenters. The van der Waals surface area contributed by atoms with Gasteiger partial charge < -0.3 is 41.5 Å². The zero-order valence-corrected chi connectivity index (χ0v) is 26.5. The van der Waals surface area contributed by atoms with Crippen LogP contribution in [0.4, 0.5) is 11.5 Å². The van der Waals surface area contributed by atoms with Crippen LogP contribution in [0, 0.1) is 0 Å². The first-order valence-electron chi connectivity index (χ1n) is 16.1. The highest BCUT2D eigenvalue weighted by molar-refractivity contribution is 5.96. The van der Waals surface area contributed by atoms with Crippen LogP contribution in [0.3, 0.4) is 0 Å². The van der Waals surface area contributed by atoms with Crippen molar-refractivity contribution >= 4 is 17.4 Å². The zero-order chi connectivity index (χ0) is 31.1. The first kappa shape index (κ1) is 31.8. The molecule has 1 amide bonds. The van der Waals surface area contributed by atoms with E-state index >= 15 is 0 Å². The molecule has 1 saturated heterocycles. The van der Waals surface area contributed by atoms with Crippen molar-refractivity contribution in [3.05, 3.63) is 51.8 Å². The quantitative estimate of drug-likeness (QED) is 0.195. The number of fused-ring (bicyclic) bond motifs is 2. The van der Waals surface area contributed by atoms with Crippen LogP contribution in [-0.4, -0.2) is 90.7 Å². The van der Waals surface area contributed by atoms with Crippen LogP contribution in [-0.2, 0) is 0 Å². The molecule has 0 radical (unpaired) electrons. The number of hydrogen-bond acceptors (Lipinski definition) is 10. The fourth-order valence-corrected chi connectivity index (χ4v) is 6.01. The molecule has 6 N–H and O–H groups in total. The van der Waals surface area contributed by atoms with Crippen LogP contribution < -0.4 is 37.4 Å². The van der Waals surface area contributed by atoms with Gasteiger partial charge in [-0.05, 0) is 96.3 Å². The molecule has 2 fully saturated rings. The van der Waals surface area contributed by atoms with Gasteiger partial charge in [0.25, 0.3) is 5.91 Å². The van der Waals surface area contributed by atoms with E-state index in [4.69, 9.17) is 10.5 Å². The summed E-state index contributed by atoms with van der Waals surface area (Å²) < 4.78 is 7.86. The second kappa shape index (κ2) is 14.9. The number of hydrogen-bond donors (Lipinski definition) is 5. The SMILES string of the molecule is CC(C)=C(N)NCCCNC1CCC(n2cc3c(nc2=O)Nc2cc(C(=O)NCCCN4CCN(C)CC4)ccc2O3)CC1. The number of anilines is 2. The smallest absolute Gasteiger partial charge is 0.350 e. The number of piperazine rings is 1. The highest BCUT2D eigenvalue weighted by Crippen LogP contribution is 2.41. The number of allylic oxidation sites excluding steroid dienone is 1. The Balaban J connectivity index is 1.09. The van der Waals surface area contributed by atoms with Crippen LogP contribution >= 0.6 is 0 Å². The Hall–Kier alpha value is -3.61. The normalized spacial score (nSPS) is 20.1. The zero-order valence-electron chi connectivity index (χ0n) is 26.5. The van der Waals surface area contributed by atoms with Gasteiger partial charge in [0.05, 0.1) is 17.7 Å². The highest BCUT2D eigenvalue weighted by atomic mass is 16.5.